The maximum absolute atomic E-state index is 13.9. The molecule has 0 aliphatic carbocycles. The highest BCUT2D eigenvalue weighted by Crippen LogP contribution is 2.26. The van der Waals surface area contributed by atoms with Gasteiger partial charge in [0.1, 0.15) is 10.7 Å². The number of halogens is 2. The Hall–Kier alpha value is -1.68. The summed E-state index contributed by atoms with van der Waals surface area (Å²) in [7, 11) is -5.27. The zero-order chi connectivity index (χ0) is 19.0. The Balaban J connectivity index is 2.49. The van der Waals surface area contributed by atoms with Crippen LogP contribution in [-0.2, 0) is 20.0 Å². The van der Waals surface area contributed by atoms with Gasteiger partial charge in [-0.3, -0.25) is 4.72 Å². The number of sulfonamides is 2. The van der Waals surface area contributed by atoms with E-state index in [0.717, 1.165) is 16.4 Å². The van der Waals surface area contributed by atoms with Crippen LogP contribution in [0.15, 0.2) is 46.2 Å². The van der Waals surface area contributed by atoms with Gasteiger partial charge in [0, 0.05) is 19.1 Å². The van der Waals surface area contributed by atoms with Gasteiger partial charge in [-0.15, -0.1) is 0 Å². The summed E-state index contributed by atoms with van der Waals surface area (Å²) in [6, 6.07) is 7.19. The second-order valence-electron chi connectivity index (χ2n) is 5.44. The van der Waals surface area contributed by atoms with Crippen molar-refractivity contribution in [1.82, 2.24) is 4.31 Å². The van der Waals surface area contributed by atoms with Crippen molar-refractivity contribution < 1.29 is 21.2 Å². The van der Waals surface area contributed by atoms with Gasteiger partial charge in [-0.2, -0.15) is 0 Å². The van der Waals surface area contributed by atoms with Crippen molar-refractivity contribution in [2.75, 3.05) is 18.8 Å². The third-order valence-electron chi connectivity index (χ3n) is 3.42. The van der Waals surface area contributed by atoms with Crippen LogP contribution in [0.1, 0.15) is 5.56 Å². The molecule has 0 bridgehead atoms. The highest BCUT2D eigenvalue weighted by molar-refractivity contribution is 7.92. The van der Waals surface area contributed by atoms with E-state index in [0.29, 0.717) is 5.56 Å². The van der Waals surface area contributed by atoms with E-state index in [1.807, 2.05) is 0 Å². The molecule has 0 saturated heterocycles. The van der Waals surface area contributed by atoms with E-state index in [1.165, 1.54) is 38.4 Å². The topological polar surface area (TPSA) is 83.6 Å². The predicted octanol–water partition coefficient (Wildman–Crippen LogP) is 2.84. The number of benzene rings is 2. The minimum atomic E-state index is -4.26. The van der Waals surface area contributed by atoms with Crippen LogP contribution in [0.25, 0.3) is 0 Å². The number of nitrogens with zero attached hydrogens (tertiary/aromatic N) is 1. The van der Waals surface area contributed by atoms with Gasteiger partial charge in [-0.25, -0.2) is 25.5 Å². The Kier molecular flexibility index (Phi) is 5.43. The summed E-state index contributed by atoms with van der Waals surface area (Å²) in [6.07, 6.45) is 0. The van der Waals surface area contributed by atoms with E-state index in [1.54, 1.807) is 6.92 Å². The molecular formula is C15H16ClFN2O4S2. The predicted molar refractivity (Wildman–Crippen MR) is 94.3 cm³/mol. The molecule has 6 nitrogen and oxygen atoms in total. The third-order valence-corrected chi connectivity index (χ3v) is 6.86. The summed E-state index contributed by atoms with van der Waals surface area (Å²) >= 11 is 5.63. The van der Waals surface area contributed by atoms with Crippen molar-refractivity contribution in [3.05, 3.63) is 52.8 Å². The van der Waals surface area contributed by atoms with Crippen LogP contribution in [-0.4, -0.2) is 35.2 Å². The van der Waals surface area contributed by atoms with Gasteiger partial charge in [-0.05, 0) is 42.8 Å². The lowest BCUT2D eigenvalue weighted by atomic mass is 10.2. The second kappa shape index (κ2) is 6.91. The standard InChI is InChI=1S/C15H16ClFN2O4S2/c1-10-4-6-12(25(22,23)19(2)3)9-14(10)18-24(20,21)15-7-5-11(16)8-13(15)17/h4-9,18H,1-3H3. The number of hydrogen-bond acceptors (Lipinski definition) is 4. The van der Waals surface area contributed by atoms with Crippen LogP contribution < -0.4 is 4.72 Å². The van der Waals surface area contributed by atoms with Gasteiger partial charge in [0.25, 0.3) is 10.0 Å². The molecule has 0 amide bonds. The first-order valence-corrected chi connectivity index (χ1v) is 10.3. The van der Waals surface area contributed by atoms with Crippen LogP contribution in [0.2, 0.25) is 5.02 Å². The van der Waals surface area contributed by atoms with Crippen LogP contribution in [0.3, 0.4) is 0 Å². The summed E-state index contributed by atoms with van der Waals surface area (Å²) in [5.41, 5.74) is 0.521. The van der Waals surface area contributed by atoms with Gasteiger partial charge in [0.15, 0.2) is 0 Å². The first-order valence-electron chi connectivity index (χ1n) is 6.96. The zero-order valence-corrected chi connectivity index (χ0v) is 16.0. The van der Waals surface area contributed by atoms with Gasteiger partial charge >= 0.3 is 0 Å². The molecule has 0 aliphatic rings. The van der Waals surface area contributed by atoms with Crippen LogP contribution in [0.4, 0.5) is 10.1 Å². The molecule has 2 aromatic carbocycles. The van der Waals surface area contributed by atoms with Gasteiger partial charge in [-0.1, -0.05) is 17.7 Å². The SMILES string of the molecule is Cc1ccc(S(=O)(=O)N(C)C)cc1NS(=O)(=O)c1ccc(Cl)cc1F. The van der Waals surface area contributed by atoms with Crippen molar-refractivity contribution in [2.24, 2.45) is 0 Å². The zero-order valence-electron chi connectivity index (χ0n) is 13.6. The van der Waals surface area contributed by atoms with Crippen LogP contribution in [0, 0.1) is 12.7 Å². The minimum Gasteiger partial charge on any atom is -0.279 e. The highest BCUT2D eigenvalue weighted by atomic mass is 35.5. The van der Waals surface area contributed by atoms with E-state index < -0.39 is 30.8 Å². The molecule has 0 saturated carbocycles. The van der Waals surface area contributed by atoms with E-state index in [2.05, 4.69) is 4.72 Å². The molecule has 0 fully saturated rings. The summed E-state index contributed by atoms with van der Waals surface area (Å²) in [5, 5.41) is 0.0618. The Labute approximate surface area is 151 Å². The van der Waals surface area contributed by atoms with E-state index in [4.69, 9.17) is 11.6 Å². The first-order chi connectivity index (χ1) is 11.4. The van der Waals surface area contributed by atoms with Crippen molar-refractivity contribution in [3.8, 4) is 0 Å². The Morgan fingerprint density at radius 1 is 1.04 bits per heavy atom. The van der Waals surface area contributed by atoms with E-state index >= 15 is 0 Å². The average Bonchev–Trinajstić information content (AvgIpc) is 2.48. The lowest BCUT2D eigenvalue weighted by Gasteiger charge is -2.15. The minimum absolute atomic E-state index is 0.0391. The van der Waals surface area contributed by atoms with E-state index in [-0.39, 0.29) is 15.6 Å². The van der Waals surface area contributed by atoms with Crippen molar-refractivity contribution >= 4 is 37.3 Å². The lowest BCUT2D eigenvalue weighted by molar-refractivity contribution is 0.520. The highest BCUT2D eigenvalue weighted by Gasteiger charge is 2.23. The van der Waals surface area contributed by atoms with Gasteiger partial charge < -0.3 is 0 Å². The number of aryl methyl sites for hydroxylation is 1. The van der Waals surface area contributed by atoms with Crippen molar-refractivity contribution in [2.45, 2.75) is 16.7 Å². The molecule has 0 spiro atoms. The molecule has 136 valence electrons. The molecule has 0 atom stereocenters. The molecule has 0 aliphatic heterocycles. The number of nitrogens with one attached hydrogen (secondary N) is 1. The first kappa shape index (κ1) is 19.6. The Bertz CT molecular complexity index is 1020. The molecular weight excluding hydrogens is 391 g/mol. The normalized spacial score (nSPS) is 12.4. The second-order valence-corrected chi connectivity index (χ2v) is 9.68. The summed E-state index contributed by atoms with van der Waals surface area (Å²) in [5.74, 6) is -1.00. The van der Waals surface area contributed by atoms with Crippen molar-refractivity contribution in [1.29, 1.82) is 0 Å². The van der Waals surface area contributed by atoms with Gasteiger partial charge in [0.05, 0.1) is 10.6 Å². The molecule has 0 aromatic heterocycles. The fourth-order valence-corrected chi connectivity index (χ4v) is 4.24. The third kappa shape index (κ3) is 4.12. The molecule has 2 rings (SSSR count). The smallest absolute Gasteiger partial charge is 0.264 e. The summed E-state index contributed by atoms with van der Waals surface area (Å²) < 4.78 is 66.4. The molecule has 0 unspecified atom stereocenters. The molecule has 2 aromatic rings. The summed E-state index contributed by atoms with van der Waals surface area (Å²) in [4.78, 5) is -0.672. The molecule has 1 N–H and O–H groups in total. The monoisotopic (exact) mass is 406 g/mol. The van der Waals surface area contributed by atoms with Crippen LogP contribution in [0.5, 0.6) is 0 Å². The molecule has 0 radical (unpaired) electrons. The quantitative estimate of drug-likeness (QED) is 0.827. The van der Waals surface area contributed by atoms with Crippen molar-refractivity contribution in [3.63, 3.8) is 0 Å². The lowest BCUT2D eigenvalue weighted by Crippen LogP contribution is -2.22. The maximum atomic E-state index is 13.9. The summed E-state index contributed by atoms with van der Waals surface area (Å²) in [6.45, 7) is 1.60. The molecule has 0 heterocycles. The number of rotatable bonds is 5. The van der Waals surface area contributed by atoms with E-state index in [9.17, 15) is 21.2 Å². The fourth-order valence-electron chi connectivity index (χ4n) is 1.98. The molecule has 10 heteroatoms. The maximum Gasteiger partial charge on any atom is 0.264 e. The average molecular weight is 407 g/mol. The van der Waals surface area contributed by atoms with Crippen LogP contribution >= 0.6 is 11.6 Å². The number of anilines is 1. The largest absolute Gasteiger partial charge is 0.279 e. The van der Waals surface area contributed by atoms with Gasteiger partial charge in [0.2, 0.25) is 10.0 Å². The Morgan fingerprint density at radius 2 is 1.68 bits per heavy atom. The number of hydrogen-bond donors (Lipinski definition) is 1. The molecule has 25 heavy (non-hydrogen) atoms. The fraction of sp³-hybridized carbons (Fsp3) is 0.200. The Morgan fingerprint density at radius 3 is 2.24 bits per heavy atom.